The smallest absolute Gasteiger partial charge is 0.312 e. The van der Waals surface area contributed by atoms with Crippen molar-refractivity contribution in [3.63, 3.8) is 0 Å². The van der Waals surface area contributed by atoms with Crippen molar-refractivity contribution in [2.24, 2.45) is 57.7 Å². The predicted molar refractivity (Wildman–Crippen MR) is 146 cm³/mol. The van der Waals surface area contributed by atoms with Crippen molar-refractivity contribution in [1.82, 2.24) is 0 Å². The second-order valence-corrected chi connectivity index (χ2v) is 16.5. The zero-order valence-electron chi connectivity index (χ0n) is 25.2. The Morgan fingerprint density at radius 2 is 1.51 bits per heavy atom. The van der Waals surface area contributed by atoms with Crippen LogP contribution in [0.15, 0.2) is 0 Å². The molecule has 6 atom stereocenters. The van der Waals surface area contributed by atoms with Crippen LogP contribution in [0.1, 0.15) is 113 Å². The van der Waals surface area contributed by atoms with Gasteiger partial charge in [0.05, 0.1) is 16.7 Å². The molecule has 6 nitrogen and oxygen atoms in total. The maximum Gasteiger partial charge on any atom is 0.312 e. The van der Waals surface area contributed by atoms with E-state index in [9.17, 15) is 14.4 Å². The van der Waals surface area contributed by atoms with E-state index < -0.39 is 10.8 Å². The molecule has 1 heterocycles. The number of fused-ring (bicyclic) bond motifs is 1. The molecule has 6 bridgehead atoms. The number of rotatable bonds is 9. The van der Waals surface area contributed by atoms with Crippen LogP contribution in [0, 0.1) is 57.7 Å². The van der Waals surface area contributed by atoms with Crippen LogP contribution < -0.4 is 0 Å². The van der Waals surface area contributed by atoms with Gasteiger partial charge in [-0.2, -0.15) is 0 Å². The molecule has 0 radical (unpaired) electrons. The van der Waals surface area contributed by atoms with Crippen molar-refractivity contribution >= 4 is 17.9 Å². The molecule has 218 valence electrons. The Morgan fingerprint density at radius 3 is 2.10 bits per heavy atom. The molecule has 6 heteroatoms. The Balaban J connectivity index is 1.09. The molecule has 0 spiro atoms. The van der Waals surface area contributed by atoms with Crippen molar-refractivity contribution in [3.05, 3.63) is 0 Å². The largest absolute Gasteiger partial charge is 0.458 e. The summed E-state index contributed by atoms with van der Waals surface area (Å²) in [6.45, 7) is 14.6. The van der Waals surface area contributed by atoms with E-state index in [-0.39, 0.29) is 58.9 Å². The zero-order chi connectivity index (χ0) is 28.1. The first kappa shape index (κ1) is 27.6. The molecule has 6 saturated carbocycles. The van der Waals surface area contributed by atoms with Gasteiger partial charge < -0.3 is 14.2 Å². The van der Waals surface area contributed by atoms with E-state index >= 15 is 0 Å². The van der Waals surface area contributed by atoms with Gasteiger partial charge in [-0.05, 0) is 121 Å². The highest BCUT2D eigenvalue weighted by Crippen LogP contribution is 2.60. The fourth-order valence-electron chi connectivity index (χ4n) is 10.7. The van der Waals surface area contributed by atoms with Gasteiger partial charge in [0.15, 0.2) is 0 Å². The van der Waals surface area contributed by atoms with Crippen molar-refractivity contribution in [2.75, 3.05) is 0 Å². The molecule has 1 aliphatic heterocycles. The highest BCUT2D eigenvalue weighted by Gasteiger charge is 2.64. The number of ether oxygens (including phenoxy) is 3. The summed E-state index contributed by atoms with van der Waals surface area (Å²) in [6, 6.07) is 0. The van der Waals surface area contributed by atoms with E-state index in [4.69, 9.17) is 14.2 Å². The quantitative estimate of drug-likeness (QED) is 0.245. The van der Waals surface area contributed by atoms with Crippen molar-refractivity contribution in [1.29, 1.82) is 0 Å². The van der Waals surface area contributed by atoms with Gasteiger partial charge in [-0.25, -0.2) is 0 Å². The minimum atomic E-state index is -0.680. The summed E-state index contributed by atoms with van der Waals surface area (Å²) in [5.41, 5.74) is -1.95. The Bertz CT molecular complexity index is 1010. The second kappa shape index (κ2) is 8.95. The Hall–Kier alpha value is -1.59. The Morgan fingerprint density at radius 1 is 0.897 bits per heavy atom. The third kappa shape index (κ3) is 4.45. The molecule has 6 unspecified atom stereocenters. The second-order valence-electron chi connectivity index (χ2n) is 16.5. The van der Waals surface area contributed by atoms with Gasteiger partial charge >= 0.3 is 17.9 Å². The third-order valence-electron chi connectivity index (χ3n) is 12.3. The van der Waals surface area contributed by atoms with E-state index in [2.05, 4.69) is 20.8 Å². The summed E-state index contributed by atoms with van der Waals surface area (Å²) >= 11 is 0. The fraction of sp³-hybridized carbons (Fsp3) is 0.909. The molecule has 1 saturated heterocycles. The maximum absolute atomic E-state index is 13.8. The van der Waals surface area contributed by atoms with Gasteiger partial charge in [-0.1, -0.05) is 20.8 Å². The first-order valence-electron chi connectivity index (χ1n) is 15.8. The van der Waals surface area contributed by atoms with Gasteiger partial charge in [0.1, 0.15) is 17.8 Å². The molecule has 0 N–H and O–H groups in total. The fourth-order valence-corrected chi connectivity index (χ4v) is 10.7. The van der Waals surface area contributed by atoms with E-state index in [0.717, 1.165) is 24.7 Å². The lowest BCUT2D eigenvalue weighted by atomic mass is 9.50. The van der Waals surface area contributed by atoms with Gasteiger partial charge in [-0.15, -0.1) is 0 Å². The van der Waals surface area contributed by atoms with Crippen LogP contribution in [-0.2, 0) is 28.6 Å². The molecular weight excluding hydrogens is 492 g/mol. The van der Waals surface area contributed by atoms with Crippen LogP contribution in [0.2, 0.25) is 0 Å². The molecule has 0 aromatic heterocycles. The van der Waals surface area contributed by atoms with E-state index in [0.29, 0.717) is 31.1 Å². The number of hydrogen-bond acceptors (Lipinski definition) is 6. The minimum Gasteiger partial charge on any atom is -0.458 e. The summed E-state index contributed by atoms with van der Waals surface area (Å²) in [7, 11) is 0. The Kier molecular flexibility index (Phi) is 6.33. The number of carbonyl (C=O) groups is 3. The maximum atomic E-state index is 13.8. The first-order chi connectivity index (χ1) is 18.1. The highest BCUT2D eigenvalue weighted by molar-refractivity contribution is 5.79. The lowest BCUT2D eigenvalue weighted by Gasteiger charge is -2.59. The SMILES string of the molecule is CCC(C)(CC(C)(C)CC(C)(C)C(=O)OC1(C)C2CC3CC(C2)CC1C3)C(=O)OC1C2CC3C(=O)OC1C3C2. The van der Waals surface area contributed by atoms with Gasteiger partial charge in [0.2, 0.25) is 0 Å². The summed E-state index contributed by atoms with van der Waals surface area (Å²) < 4.78 is 18.3. The van der Waals surface area contributed by atoms with Crippen LogP contribution in [0.5, 0.6) is 0 Å². The highest BCUT2D eigenvalue weighted by atomic mass is 16.6. The number of hydrogen-bond donors (Lipinski definition) is 0. The van der Waals surface area contributed by atoms with Crippen LogP contribution in [0.25, 0.3) is 0 Å². The lowest BCUT2D eigenvalue weighted by Crippen LogP contribution is -2.58. The molecule has 7 rings (SSSR count). The molecule has 0 amide bonds. The summed E-state index contributed by atoms with van der Waals surface area (Å²) in [5.74, 6) is 2.72. The summed E-state index contributed by atoms with van der Waals surface area (Å²) in [4.78, 5) is 39.6. The van der Waals surface area contributed by atoms with E-state index in [1.54, 1.807) is 0 Å². The first-order valence-corrected chi connectivity index (χ1v) is 15.8. The minimum absolute atomic E-state index is 0.00885. The standard InChI is InChI=1S/C33H50O6/c1-8-32(6,29(36)38-25-20-14-23-24(15-20)27(34)37-26(23)25)17-30(2,3)16-31(4,5)28(35)39-33(7)21-10-18-9-19(12-21)13-22(33)11-18/h18-26H,8-17H2,1-7H3. The van der Waals surface area contributed by atoms with Gasteiger partial charge in [-0.3, -0.25) is 14.4 Å². The normalized spacial score (nSPS) is 43.4. The van der Waals surface area contributed by atoms with Crippen LogP contribution in [0.3, 0.4) is 0 Å². The molecule has 7 fully saturated rings. The molecular formula is C33H50O6. The number of esters is 3. The monoisotopic (exact) mass is 542 g/mol. The van der Waals surface area contributed by atoms with Crippen LogP contribution >= 0.6 is 0 Å². The lowest BCUT2D eigenvalue weighted by molar-refractivity contribution is -0.212. The van der Waals surface area contributed by atoms with E-state index in [1.807, 2.05) is 27.7 Å². The molecule has 6 aliphatic carbocycles. The zero-order valence-corrected chi connectivity index (χ0v) is 25.2. The van der Waals surface area contributed by atoms with Gasteiger partial charge in [0.25, 0.3) is 0 Å². The Labute approximate surface area is 234 Å². The van der Waals surface area contributed by atoms with Crippen molar-refractivity contribution in [3.8, 4) is 0 Å². The molecule has 7 aliphatic rings. The number of carbonyl (C=O) groups excluding carboxylic acids is 3. The summed E-state index contributed by atoms with van der Waals surface area (Å²) in [6.07, 6.45) is 9.25. The van der Waals surface area contributed by atoms with Crippen LogP contribution in [-0.4, -0.2) is 35.7 Å². The third-order valence-corrected chi connectivity index (χ3v) is 12.3. The van der Waals surface area contributed by atoms with Crippen molar-refractivity contribution in [2.45, 2.75) is 130 Å². The topological polar surface area (TPSA) is 78.9 Å². The van der Waals surface area contributed by atoms with E-state index in [1.165, 1.54) is 32.1 Å². The average Bonchev–Trinajstić information content (AvgIpc) is 3.46. The predicted octanol–water partition coefficient (Wildman–Crippen LogP) is 6.49. The molecule has 39 heavy (non-hydrogen) atoms. The summed E-state index contributed by atoms with van der Waals surface area (Å²) in [5, 5.41) is 0. The molecule has 0 aromatic carbocycles. The van der Waals surface area contributed by atoms with Crippen LogP contribution in [0.4, 0.5) is 0 Å². The average molecular weight is 543 g/mol. The van der Waals surface area contributed by atoms with Crippen molar-refractivity contribution < 1.29 is 28.6 Å². The van der Waals surface area contributed by atoms with Gasteiger partial charge in [0, 0.05) is 11.8 Å². The molecule has 0 aromatic rings.